The van der Waals surface area contributed by atoms with Gasteiger partial charge in [0.25, 0.3) is 5.91 Å². The van der Waals surface area contributed by atoms with Gasteiger partial charge < -0.3 is 10.8 Å². The Morgan fingerprint density at radius 1 is 1.15 bits per heavy atom. The number of nitrogens with two attached hydrogens (primary N) is 1. The Morgan fingerprint density at radius 3 is 2.19 bits per heavy atom. The standard InChI is InChI=1S/C12H17N3O.C10H16O/c1-8-14-7-10(12(13)16)11(15-8)6-9-4-2-3-5-9;11-10-4-7-1-8(5-10)3-9(2-7)6-10/h7,9H,2-6H2,1H3,(H2,13,16);7-9,11H,1-6H2. The average molecular weight is 372 g/mol. The number of carbonyl (C=O) groups excluding carboxylic acids is 1. The van der Waals surface area contributed by atoms with E-state index in [9.17, 15) is 9.90 Å². The Morgan fingerprint density at radius 2 is 1.70 bits per heavy atom. The summed E-state index contributed by atoms with van der Waals surface area (Å²) in [6.45, 7) is 1.84. The van der Waals surface area contributed by atoms with Gasteiger partial charge in [-0.15, -0.1) is 0 Å². The summed E-state index contributed by atoms with van der Waals surface area (Å²) in [5, 5.41) is 10.1. The van der Waals surface area contributed by atoms with Crippen LogP contribution in [0.4, 0.5) is 0 Å². The summed E-state index contributed by atoms with van der Waals surface area (Å²) >= 11 is 0. The van der Waals surface area contributed by atoms with Crippen LogP contribution in [-0.2, 0) is 6.42 Å². The number of hydrogen-bond donors (Lipinski definition) is 2. The third-order valence-corrected chi connectivity index (χ3v) is 7.22. The van der Waals surface area contributed by atoms with Crippen molar-refractivity contribution in [2.45, 2.75) is 83.2 Å². The highest BCUT2D eigenvalue weighted by atomic mass is 16.3. The second-order valence-corrected chi connectivity index (χ2v) is 9.64. The molecule has 0 aromatic carbocycles. The molecule has 0 spiro atoms. The van der Waals surface area contributed by atoms with Gasteiger partial charge in [-0.05, 0) is 75.5 Å². The highest BCUT2D eigenvalue weighted by Gasteiger charge is 2.49. The second-order valence-electron chi connectivity index (χ2n) is 9.64. The van der Waals surface area contributed by atoms with Crippen LogP contribution >= 0.6 is 0 Å². The average Bonchev–Trinajstić information content (AvgIpc) is 3.06. The summed E-state index contributed by atoms with van der Waals surface area (Å²) in [4.78, 5) is 19.6. The molecular formula is C22H33N3O2. The topological polar surface area (TPSA) is 89.1 Å². The Labute approximate surface area is 162 Å². The van der Waals surface area contributed by atoms with Gasteiger partial charge in [0.05, 0.1) is 16.9 Å². The fourth-order valence-corrected chi connectivity index (χ4v) is 6.43. The van der Waals surface area contributed by atoms with Crippen molar-refractivity contribution in [3.05, 3.63) is 23.3 Å². The molecule has 0 atom stereocenters. The van der Waals surface area contributed by atoms with E-state index in [4.69, 9.17) is 5.73 Å². The minimum absolute atomic E-state index is 0.200. The minimum Gasteiger partial charge on any atom is -0.390 e. The van der Waals surface area contributed by atoms with E-state index < -0.39 is 5.91 Å². The van der Waals surface area contributed by atoms with Crippen molar-refractivity contribution in [1.82, 2.24) is 9.97 Å². The van der Waals surface area contributed by atoms with Gasteiger partial charge >= 0.3 is 0 Å². The van der Waals surface area contributed by atoms with Gasteiger partial charge in [0.15, 0.2) is 0 Å². The maximum atomic E-state index is 11.2. The van der Waals surface area contributed by atoms with Gasteiger partial charge in [-0.2, -0.15) is 0 Å². The highest BCUT2D eigenvalue weighted by molar-refractivity contribution is 5.93. The largest absolute Gasteiger partial charge is 0.390 e. The third-order valence-electron chi connectivity index (χ3n) is 7.22. The Bertz CT molecular complexity index is 662. The van der Waals surface area contributed by atoms with Gasteiger partial charge in [-0.3, -0.25) is 4.79 Å². The number of rotatable bonds is 3. The predicted molar refractivity (Wildman–Crippen MR) is 104 cm³/mol. The van der Waals surface area contributed by atoms with Crippen molar-refractivity contribution in [3.8, 4) is 0 Å². The SMILES string of the molecule is Cc1ncc(C(N)=O)c(CC2CCCC2)n1.OC12CC3CC(CC(C3)C1)C2. The van der Waals surface area contributed by atoms with E-state index in [1.165, 1.54) is 44.9 Å². The van der Waals surface area contributed by atoms with Crippen molar-refractivity contribution >= 4 is 5.91 Å². The number of primary amides is 1. The summed E-state index contributed by atoms with van der Waals surface area (Å²) in [6, 6.07) is 0. The number of aryl methyl sites for hydroxylation is 1. The van der Waals surface area contributed by atoms with E-state index in [0.717, 1.165) is 49.1 Å². The first-order valence-electron chi connectivity index (χ1n) is 10.7. The molecule has 0 saturated heterocycles. The minimum atomic E-state index is -0.423. The highest BCUT2D eigenvalue weighted by Crippen LogP contribution is 2.55. The normalized spacial score (nSPS) is 34.4. The third kappa shape index (κ3) is 4.34. The number of hydrogen-bond acceptors (Lipinski definition) is 4. The van der Waals surface area contributed by atoms with Crippen molar-refractivity contribution in [3.63, 3.8) is 0 Å². The molecule has 1 aromatic rings. The van der Waals surface area contributed by atoms with E-state index >= 15 is 0 Å². The van der Waals surface area contributed by atoms with Crippen molar-refractivity contribution in [2.24, 2.45) is 29.4 Å². The second kappa shape index (κ2) is 7.50. The van der Waals surface area contributed by atoms with Gasteiger partial charge in [-0.1, -0.05) is 25.7 Å². The molecule has 3 N–H and O–H groups in total. The van der Waals surface area contributed by atoms with Crippen molar-refractivity contribution in [2.75, 3.05) is 0 Å². The molecule has 27 heavy (non-hydrogen) atoms. The molecule has 5 aliphatic carbocycles. The fourth-order valence-electron chi connectivity index (χ4n) is 6.43. The zero-order valence-electron chi connectivity index (χ0n) is 16.5. The van der Waals surface area contributed by atoms with Crippen molar-refractivity contribution < 1.29 is 9.90 Å². The molecule has 0 aliphatic heterocycles. The van der Waals surface area contributed by atoms with Crippen LogP contribution in [0.2, 0.25) is 0 Å². The predicted octanol–water partition coefficient (Wildman–Crippen LogP) is 3.56. The van der Waals surface area contributed by atoms with Crippen LogP contribution in [0.25, 0.3) is 0 Å². The van der Waals surface area contributed by atoms with Crippen LogP contribution in [-0.4, -0.2) is 26.6 Å². The Hall–Kier alpha value is -1.49. The molecule has 6 rings (SSSR count). The van der Waals surface area contributed by atoms with E-state index in [-0.39, 0.29) is 5.60 Å². The quantitative estimate of drug-likeness (QED) is 0.850. The zero-order valence-corrected chi connectivity index (χ0v) is 16.5. The number of aromatic nitrogens is 2. The lowest BCUT2D eigenvalue weighted by molar-refractivity contribution is -0.124. The summed E-state index contributed by atoms with van der Waals surface area (Å²) in [5.74, 6) is 3.63. The van der Waals surface area contributed by atoms with E-state index in [2.05, 4.69) is 9.97 Å². The lowest BCUT2D eigenvalue weighted by atomic mass is 9.54. The molecule has 1 aromatic heterocycles. The number of amides is 1. The van der Waals surface area contributed by atoms with Crippen LogP contribution in [0, 0.1) is 30.6 Å². The van der Waals surface area contributed by atoms with E-state index in [0.29, 0.717) is 17.3 Å². The van der Waals surface area contributed by atoms with Crippen LogP contribution in [0.15, 0.2) is 6.20 Å². The molecule has 148 valence electrons. The summed E-state index contributed by atoms with van der Waals surface area (Å²) < 4.78 is 0. The van der Waals surface area contributed by atoms with Gasteiger partial charge in [0.1, 0.15) is 5.82 Å². The Balaban J connectivity index is 0.000000141. The summed E-state index contributed by atoms with van der Waals surface area (Å²) in [7, 11) is 0. The molecule has 5 saturated carbocycles. The maximum absolute atomic E-state index is 11.2. The molecule has 0 unspecified atom stereocenters. The summed E-state index contributed by atoms with van der Waals surface area (Å²) in [6.07, 6.45) is 15.1. The van der Waals surface area contributed by atoms with Crippen LogP contribution in [0.3, 0.4) is 0 Å². The lowest BCUT2D eigenvalue weighted by Crippen LogP contribution is -2.50. The smallest absolute Gasteiger partial charge is 0.252 e. The fraction of sp³-hybridized carbons (Fsp3) is 0.773. The van der Waals surface area contributed by atoms with Crippen LogP contribution in [0.5, 0.6) is 0 Å². The molecule has 5 aliphatic rings. The number of carbonyl (C=O) groups is 1. The zero-order chi connectivity index (χ0) is 19.0. The maximum Gasteiger partial charge on any atom is 0.252 e. The molecule has 5 nitrogen and oxygen atoms in total. The molecular weight excluding hydrogens is 338 g/mol. The molecule has 0 radical (unpaired) electrons. The first kappa shape index (κ1) is 18.9. The van der Waals surface area contributed by atoms with Crippen LogP contribution in [0.1, 0.15) is 86.1 Å². The van der Waals surface area contributed by atoms with Crippen molar-refractivity contribution in [1.29, 1.82) is 0 Å². The first-order chi connectivity index (χ1) is 12.9. The van der Waals surface area contributed by atoms with Gasteiger partial charge in [0, 0.05) is 6.20 Å². The number of aliphatic hydroxyl groups is 1. The first-order valence-corrected chi connectivity index (χ1v) is 10.7. The Kier molecular flexibility index (Phi) is 5.23. The van der Waals surface area contributed by atoms with Gasteiger partial charge in [-0.25, -0.2) is 9.97 Å². The molecule has 5 fully saturated rings. The molecule has 1 amide bonds. The lowest BCUT2D eigenvalue weighted by Gasteiger charge is -2.54. The molecule has 5 heteroatoms. The van der Waals surface area contributed by atoms with E-state index in [1.807, 2.05) is 6.92 Å². The molecule has 1 heterocycles. The monoisotopic (exact) mass is 371 g/mol. The van der Waals surface area contributed by atoms with Gasteiger partial charge in [0.2, 0.25) is 0 Å². The summed E-state index contributed by atoms with van der Waals surface area (Å²) in [5.41, 5.74) is 6.43. The molecule has 4 bridgehead atoms. The van der Waals surface area contributed by atoms with E-state index in [1.54, 1.807) is 6.20 Å². The van der Waals surface area contributed by atoms with Crippen LogP contribution < -0.4 is 5.73 Å². The number of nitrogens with zero attached hydrogens (tertiary/aromatic N) is 2.